The van der Waals surface area contributed by atoms with Gasteiger partial charge in [-0.25, -0.2) is 0 Å². The second-order valence-electron chi connectivity index (χ2n) is 3.78. The number of aliphatic hydroxyl groups excluding tert-OH is 1. The normalized spacial score (nSPS) is 12.6. The fourth-order valence-electron chi connectivity index (χ4n) is 1.23. The number of hydrogen-bond donors (Lipinski definition) is 1. The molecule has 1 aromatic carbocycles. The van der Waals surface area contributed by atoms with Crippen LogP contribution in [0.15, 0.2) is 24.3 Å². The number of aliphatic hydroxyl groups is 1. The van der Waals surface area contributed by atoms with Gasteiger partial charge in [-0.05, 0) is 30.2 Å². The first kappa shape index (κ1) is 11.7. The van der Waals surface area contributed by atoms with Crippen LogP contribution in [0.5, 0.6) is 5.75 Å². The van der Waals surface area contributed by atoms with Crippen molar-refractivity contribution < 1.29 is 14.6 Å². The monoisotopic (exact) mass is 208 g/mol. The van der Waals surface area contributed by atoms with Crippen LogP contribution in [0, 0.1) is 5.92 Å². The zero-order valence-electron chi connectivity index (χ0n) is 9.23. The van der Waals surface area contributed by atoms with Gasteiger partial charge < -0.3 is 9.84 Å². The van der Waals surface area contributed by atoms with E-state index in [1.165, 1.54) is 0 Å². The van der Waals surface area contributed by atoms with E-state index in [1.807, 2.05) is 13.8 Å². The number of rotatable bonds is 4. The highest BCUT2D eigenvalue weighted by Crippen LogP contribution is 2.15. The van der Waals surface area contributed by atoms with Crippen LogP contribution in [0.1, 0.15) is 24.2 Å². The molecule has 1 aromatic rings. The van der Waals surface area contributed by atoms with Gasteiger partial charge in [-0.15, -0.1) is 0 Å². The third-order valence-corrected chi connectivity index (χ3v) is 2.27. The zero-order valence-corrected chi connectivity index (χ0v) is 9.23. The second-order valence-corrected chi connectivity index (χ2v) is 3.78. The largest absolute Gasteiger partial charge is 0.497 e. The van der Waals surface area contributed by atoms with E-state index in [2.05, 4.69) is 0 Å². The van der Waals surface area contributed by atoms with E-state index in [1.54, 1.807) is 31.4 Å². The molecule has 3 nitrogen and oxygen atoms in total. The molecular weight excluding hydrogens is 192 g/mol. The highest BCUT2D eigenvalue weighted by molar-refractivity contribution is 5.99. The number of carbonyl (C=O) groups is 1. The summed E-state index contributed by atoms with van der Waals surface area (Å²) < 4.78 is 4.98. The average molecular weight is 208 g/mol. The van der Waals surface area contributed by atoms with Crippen LogP contribution in [0.25, 0.3) is 0 Å². The third kappa shape index (κ3) is 2.80. The molecule has 0 heterocycles. The van der Waals surface area contributed by atoms with Gasteiger partial charge in [-0.3, -0.25) is 4.79 Å². The summed E-state index contributed by atoms with van der Waals surface area (Å²) >= 11 is 0. The smallest absolute Gasteiger partial charge is 0.191 e. The summed E-state index contributed by atoms with van der Waals surface area (Å²) in [4.78, 5) is 11.7. The molecule has 0 saturated carbocycles. The van der Waals surface area contributed by atoms with Crippen LogP contribution >= 0.6 is 0 Å². The summed E-state index contributed by atoms with van der Waals surface area (Å²) in [6.45, 7) is 3.62. The Morgan fingerprint density at radius 1 is 1.27 bits per heavy atom. The van der Waals surface area contributed by atoms with Crippen molar-refractivity contribution in [2.45, 2.75) is 20.0 Å². The first-order chi connectivity index (χ1) is 7.06. The molecule has 15 heavy (non-hydrogen) atoms. The number of ketones is 1. The van der Waals surface area contributed by atoms with E-state index in [-0.39, 0.29) is 11.7 Å². The van der Waals surface area contributed by atoms with Gasteiger partial charge in [-0.2, -0.15) is 0 Å². The van der Waals surface area contributed by atoms with Crippen LogP contribution < -0.4 is 4.74 Å². The minimum atomic E-state index is -0.932. The van der Waals surface area contributed by atoms with Gasteiger partial charge in [0.15, 0.2) is 5.78 Å². The predicted molar refractivity (Wildman–Crippen MR) is 58.2 cm³/mol. The van der Waals surface area contributed by atoms with E-state index in [9.17, 15) is 9.90 Å². The lowest BCUT2D eigenvalue weighted by atomic mass is 9.98. The molecule has 1 N–H and O–H groups in total. The fraction of sp³-hybridized carbons (Fsp3) is 0.417. The van der Waals surface area contributed by atoms with Crippen molar-refractivity contribution >= 4 is 5.78 Å². The van der Waals surface area contributed by atoms with E-state index >= 15 is 0 Å². The molecule has 82 valence electrons. The summed E-state index contributed by atoms with van der Waals surface area (Å²) in [7, 11) is 1.57. The Hall–Kier alpha value is -1.35. The standard InChI is InChI=1S/C12H16O3/c1-8(2)11(13)12(14)9-4-6-10(15-3)7-5-9/h4-8,11,13H,1-3H3/t11-/m0/s1. The lowest BCUT2D eigenvalue weighted by molar-refractivity contribution is 0.0648. The van der Waals surface area contributed by atoms with Gasteiger partial charge in [-0.1, -0.05) is 13.8 Å². The van der Waals surface area contributed by atoms with Crippen molar-refractivity contribution in [3.05, 3.63) is 29.8 Å². The van der Waals surface area contributed by atoms with Crippen molar-refractivity contribution in [2.75, 3.05) is 7.11 Å². The van der Waals surface area contributed by atoms with Gasteiger partial charge >= 0.3 is 0 Å². The Labute approximate surface area is 89.7 Å². The fourth-order valence-corrected chi connectivity index (χ4v) is 1.23. The highest BCUT2D eigenvalue weighted by Gasteiger charge is 2.20. The number of hydrogen-bond acceptors (Lipinski definition) is 3. The minimum Gasteiger partial charge on any atom is -0.497 e. The van der Waals surface area contributed by atoms with E-state index in [0.29, 0.717) is 11.3 Å². The molecule has 3 heteroatoms. The molecule has 1 rings (SSSR count). The maximum atomic E-state index is 11.7. The van der Waals surface area contributed by atoms with E-state index < -0.39 is 6.10 Å². The molecule has 0 aliphatic rings. The SMILES string of the molecule is COc1ccc(C(=O)[C@@H](O)C(C)C)cc1. The van der Waals surface area contributed by atoms with Crippen molar-refractivity contribution in [1.29, 1.82) is 0 Å². The van der Waals surface area contributed by atoms with Gasteiger partial charge in [0.05, 0.1) is 7.11 Å². The molecule has 0 amide bonds. The molecule has 0 aromatic heterocycles. The summed E-state index contributed by atoms with van der Waals surface area (Å²) in [5.74, 6) is 0.387. The van der Waals surface area contributed by atoms with Crippen LogP contribution in [0.2, 0.25) is 0 Å². The lowest BCUT2D eigenvalue weighted by Crippen LogP contribution is -2.25. The molecule has 0 spiro atoms. The number of Topliss-reactive ketones (excluding diaryl/α,β-unsaturated/α-hetero) is 1. The van der Waals surface area contributed by atoms with Crippen LogP contribution in [-0.2, 0) is 0 Å². The summed E-state index contributed by atoms with van der Waals surface area (Å²) in [6.07, 6.45) is -0.932. The molecular formula is C12H16O3. The summed E-state index contributed by atoms with van der Waals surface area (Å²) in [5, 5.41) is 9.59. The van der Waals surface area contributed by atoms with Gasteiger partial charge in [0.1, 0.15) is 11.9 Å². The maximum Gasteiger partial charge on any atom is 0.191 e. The third-order valence-electron chi connectivity index (χ3n) is 2.27. The van der Waals surface area contributed by atoms with Crippen molar-refractivity contribution in [3.63, 3.8) is 0 Å². The number of carbonyl (C=O) groups excluding carboxylic acids is 1. The molecule has 0 aliphatic carbocycles. The first-order valence-electron chi connectivity index (χ1n) is 4.92. The van der Waals surface area contributed by atoms with Crippen molar-refractivity contribution in [3.8, 4) is 5.75 Å². The maximum absolute atomic E-state index is 11.7. The Balaban J connectivity index is 2.83. The lowest BCUT2D eigenvalue weighted by Gasteiger charge is -2.13. The van der Waals surface area contributed by atoms with Crippen molar-refractivity contribution in [2.24, 2.45) is 5.92 Å². The molecule has 0 fully saturated rings. The molecule has 0 aliphatic heterocycles. The van der Waals surface area contributed by atoms with E-state index in [4.69, 9.17) is 4.74 Å². The number of ether oxygens (including phenoxy) is 1. The van der Waals surface area contributed by atoms with Gasteiger partial charge in [0.25, 0.3) is 0 Å². The van der Waals surface area contributed by atoms with Crippen LogP contribution in [0.3, 0.4) is 0 Å². The zero-order chi connectivity index (χ0) is 11.4. The molecule has 1 atom stereocenters. The number of methoxy groups -OCH3 is 1. The molecule has 0 saturated heterocycles. The molecule has 0 radical (unpaired) electrons. The summed E-state index contributed by atoms with van der Waals surface area (Å²) in [6, 6.07) is 6.74. The second kappa shape index (κ2) is 4.94. The highest BCUT2D eigenvalue weighted by atomic mass is 16.5. The van der Waals surface area contributed by atoms with Gasteiger partial charge in [0.2, 0.25) is 0 Å². The first-order valence-corrected chi connectivity index (χ1v) is 4.92. The molecule has 0 bridgehead atoms. The van der Waals surface area contributed by atoms with E-state index in [0.717, 1.165) is 0 Å². The van der Waals surface area contributed by atoms with Gasteiger partial charge in [0, 0.05) is 5.56 Å². The Morgan fingerprint density at radius 3 is 2.20 bits per heavy atom. The molecule has 0 unspecified atom stereocenters. The number of benzene rings is 1. The Morgan fingerprint density at radius 2 is 1.80 bits per heavy atom. The van der Waals surface area contributed by atoms with Crippen LogP contribution in [0.4, 0.5) is 0 Å². The van der Waals surface area contributed by atoms with Crippen molar-refractivity contribution in [1.82, 2.24) is 0 Å². The topological polar surface area (TPSA) is 46.5 Å². The summed E-state index contributed by atoms with van der Waals surface area (Å²) in [5.41, 5.74) is 0.511. The average Bonchev–Trinajstić information content (AvgIpc) is 2.27. The Kier molecular flexibility index (Phi) is 3.86. The van der Waals surface area contributed by atoms with Crippen LogP contribution in [-0.4, -0.2) is 24.1 Å². The predicted octanol–water partition coefficient (Wildman–Crippen LogP) is 1.89. The quantitative estimate of drug-likeness (QED) is 0.769. The Bertz CT molecular complexity index is 327. The minimum absolute atomic E-state index is 0.0698.